The van der Waals surface area contributed by atoms with Crippen molar-refractivity contribution in [1.82, 2.24) is 10.2 Å². The topological polar surface area (TPSA) is 87.5 Å². The Morgan fingerprint density at radius 2 is 1.67 bits per heavy atom. The molecule has 1 saturated heterocycles. The maximum atomic E-state index is 12.9. The van der Waals surface area contributed by atoms with Crippen LogP contribution in [0.4, 0.5) is 10.5 Å². The van der Waals surface area contributed by atoms with E-state index in [1.807, 2.05) is 35.2 Å². The summed E-state index contributed by atoms with van der Waals surface area (Å²) in [6, 6.07) is 9.39. The second kappa shape index (κ2) is 8.48. The first-order valence-electron chi connectivity index (χ1n) is 9.79. The van der Waals surface area contributed by atoms with E-state index in [2.05, 4.69) is 10.6 Å². The zero-order chi connectivity index (χ0) is 18.1. The van der Waals surface area contributed by atoms with Crippen LogP contribution in [0.3, 0.4) is 0 Å². The first kappa shape index (κ1) is 20.0. The van der Waals surface area contributed by atoms with Gasteiger partial charge in [-0.05, 0) is 56.1 Å². The van der Waals surface area contributed by atoms with E-state index < -0.39 is 0 Å². The molecule has 1 aromatic rings. The predicted molar refractivity (Wildman–Crippen MR) is 108 cm³/mol. The van der Waals surface area contributed by atoms with Gasteiger partial charge < -0.3 is 21.3 Å². The number of anilines is 1. The minimum absolute atomic E-state index is 0. The highest BCUT2D eigenvalue weighted by molar-refractivity contribution is 5.89. The molecule has 2 bridgehead atoms. The Morgan fingerprint density at radius 3 is 2.30 bits per heavy atom. The van der Waals surface area contributed by atoms with Gasteiger partial charge in [0.1, 0.15) is 0 Å². The molecular weight excluding hydrogens is 364 g/mol. The minimum Gasteiger partial charge on any atom is -0.342 e. The molecule has 4 N–H and O–H groups in total. The summed E-state index contributed by atoms with van der Waals surface area (Å²) < 4.78 is 0. The molecule has 4 unspecified atom stereocenters. The first-order valence-corrected chi connectivity index (χ1v) is 9.79. The van der Waals surface area contributed by atoms with E-state index in [0.717, 1.165) is 31.4 Å². The van der Waals surface area contributed by atoms with Crippen LogP contribution in [0.25, 0.3) is 0 Å². The van der Waals surface area contributed by atoms with Gasteiger partial charge in [-0.3, -0.25) is 4.79 Å². The summed E-state index contributed by atoms with van der Waals surface area (Å²) in [4.78, 5) is 27.0. The lowest BCUT2D eigenvalue weighted by Crippen LogP contribution is -2.52. The number of carbonyl (C=O) groups excluding carboxylic acids is 2. The van der Waals surface area contributed by atoms with E-state index >= 15 is 0 Å². The summed E-state index contributed by atoms with van der Waals surface area (Å²) in [5, 5.41) is 5.86. The summed E-state index contributed by atoms with van der Waals surface area (Å²) in [6.07, 6.45) is 5.08. The van der Waals surface area contributed by atoms with Gasteiger partial charge in [-0.1, -0.05) is 18.2 Å². The molecule has 3 fully saturated rings. The Kier molecular flexibility index (Phi) is 6.27. The number of piperidine rings is 1. The molecule has 2 aliphatic carbocycles. The van der Waals surface area contributed by atoms with Crippen LogP contribution in [-0.4, -0.2) is 42.0 Å². The van der Waals surface area contributed by atoms with Crippen molar-refractivity contribution in [1.29, 1.82) is 0 Å². The van der Waals surface area contributed by atoms with Crippen molar-refractivity contribution in [3.63, 3.8) is 0 Å². The number of hydrogen-bond donors (Lipinski definition) is 3. The van der Waals surface area contributed by atoms with Gasteiger partial charge in [0.25, 0.3) is 0 Å². The van der Waals surface area contributed by atoms with Crippen LogP contribution in [0.5, 0.6) is 0 Å². The second-order valence-corrected chi connectivity index (χ2v) is 8.00. The zero-order valence-electron chi connectivity index (χ0n) is 15.5. The van der Waals surface area contributed by atoms with E-state index in [1.54, 1.807) is 0 Å². The molecule has 27 heavy (non-hydrogen) atoms. The van der Waals surface area contributed by atoms with Crippen LogP contribution < -0.4 is 16.4 Å². The molecule has 7 heteroatoms. The molecule has 4 rings (SSSR count). The number of fused-ring (bicyclic) bond motifs is 2. The smallest absolute Gasteiger partial charge is 0.319 e. The number of nitrogens with zero attached hydrogens (tertiary/aromatic N) is 1. The average Bonchev–Trinajstić information content (AvgIpc) is 3.24. The van der Waals surface area contributed by atoms with Gasteiger partial charge >= 0.3 is 6.03 Å². The number of amides is 3. The van der Waals surface area contributed by atoms with Crippen molar-refractivity contribution < 1.29 is 9.59 Å². The molecule has 148 valence electrons. The number of likely N-dealkylation sites (tertiary alicyclic amines) is 1. The molecule has 1 aliphatic heterocycles. The average molecular weight is 393 g/mol. The third-order valence-electron chi connectivity index (χ3n) is 6.44. The van der Waals surface area contributed by atoms with Gasteiger partial charge in [-0.2, -0.15) is 0 Å². The van der Waals surface area contributed by atoms with Crippen LogP contribution in [0, 0.1) is 17.8 Å². The Labute approximate surface area is 166 Å². The van der Waals surface area contributed by atoms with Crippen LogP contribution >= 0.6 is 12.4 Å². The lowest BCUT2D eigenvalue weighted by molar-refractivity contribution is -0.138. The molecule has 0 spiro atoms. The van der Waals surface area contributed by atoms with Gasteiger partial charge in [-0.15, -0.1) is 12.4 Å². The fraction of sp³-hybridized carbons (Fsp3) is 0.600. The van der Waals surface area contributed by atoms with Crippen molar-refractivity contribution in [3.05, 3.63) is 30.3 Å². The lowest BCUT2D eigenvalue weighted by Gasteiger charge is -2.37. The number of carbonyl (C=O) groups is 2. The maximum absolute atomic E-state index is 12.9. The molecule has 4 atom stereocenters. The van der Waals surface area contributed by atoms with Crippen molar-refractivity contribution in [3.8, 4) is 0 Å². The number of urea groups is 1. The predicted octanol–water partition coefficient (Wildman–Crippen LogP) is 2.59. The summed E-state index contributed by atoms with van der Waals surface area (Å²) in [6.45, 7) is 1.41. The standard InChI is InChI=1S/C20H28N4O2.ClH/c21-18-14-7-6-13(12-14)17(18)19(25)24-10-8-16(9-11-24)23-20(26)22-15-4-2-1-3-5-15;/h1-5,13-14,16-18H,6-12,21H2,(H2,22,23,26);1H. The number of nitrogens with one attached hydrogen (secondary N) is 2. The van der Waals surface area contributed by atoms with Gasteiger partial charge in [0, 0.05) is 30.9 Å². The Bertz CT molecular complexity index is 661. The summed E-state index contributed by atoms with van der Waals surface area (Å²) >= 11 is 0. The summed E-state index contributed by atoms with van der Waals surface area (Å²) in [7, 11) is 0. The number of hydrogen-bond acceptors (Lipinski definition) is 3. The fourth-order valence-electron chi connectivity index (χ4n) is 5.03. The Morgan fingerprint density at radius 1 is 1.00 bits per heavy atom. The Balaban J connectivity index is 0.00000210. The molecule has 0 aromatic heterocycles. The number of rotatable bonds is 3. The van der Waals surface area contributed by atoms with E-state index in [4.69, 9.17) is 5.73 Å². The summed E-state index contributed by atoms with van der Waals surface area (Å²) in [5.74, 6) is 1.32. The van der Waals surface area contributed by atoms with Crippen molar-refractivity contribution in [2.24, 2.45) is 23.5 Å². The molecule has 0 radical (unpaired) electrons. The molecule has 3 amide bonds. The SMILES string of the molecule is Cl.NC1C2CCC(C2)C1C(=O)N1CCC(NC(=O)Nc2ccccc2)CC1. The Hall–Kier alpha value is -1.79. The first-order chi connectivity index (χ1) is 12.6. The van der Waals surface area contributed by atoms with Gasteiger partial charge in [0.05, 0.1) is 5.92 Å². The highest BCUT2D eigenvalue weighted by atomic mass is 35.5. The largest absolute Gasteiger partial charge is 0.342 e. The van der Waals surface area contributed by atoms with Crippen LogP contribution in [0.2, 0.25) is 0 Å². The minimum atomic E-state index is -0.184. The second-order valence-electron chi connectivity index (χ2n) is 8.00. The van der Waals surface area contributed by atoms with Crippen LogP contribution in [0.15, 0.2) is 30.3 Å². The van der Waals surface area contributed by atoms with Crippen molar-refractivity contribution >= 4 is 30.0 Å². The van der Waals surface area contributed by atoms with E-state index in [9.17, 15) is 9.59 Å². The molecule has 1 aromatic carbocycles. The number of halogens is 1. The molecular formula is C20H29ClN4O2. The molecule has 1 heterocycles. The maximum Gasteiger partial charge on any atom is 0.319 e. The van der Waals surface area contributed by atoms with Crippen molar-refractivity contribution in [2.75, 3.05) is 18.4 Å². The monoisotopic (exact) mass is 392 g/mol. The lowest BCUT2D eigenvalue weighted by atomic mass is 9.83. The van der Waals surface area contributed by atoms with Gasteiger partial charge in [0.2, 0.25) is 5.91 Å². The van der Waals surface area contributed by atoms with E-state index in [1.165, 1.54) is 6.42 Å². The summed E-state index contributed by atoms with van der Waals surface area (Å²) in [5.41, 5.74) is 7.11. The zero-order valence-corrected chi connectivity index (χ0v) is 16.3. The molecule has 6 nitrogen and oxygen atoms in total. The number of nitrogens with two attached hydrogens (primary N) is 1. The quantitative estimate of drug-likeness (QED) is 0.738. The fourth-order valence-corrected chi connectivity index (χ4v) is 5.03. The van der Waals surface area contributed by atoms with Gasteiger partial charge in [-0.25, -0.2) is 4.79 Å². The van der Waals surface area contributed by atoms with Gasteiger partial charge in [0.15, 0.2) is 0 Å². The molecule has 3 aliphatic rings. The van der Waals surface area contributed by atoms with E-state index in [-0.39, 0.29) is 42.3 Å². The number of para-hydroxylation sites is 1. The van der Waals surface area contributed by atoms with E-state index in [0.29, 0.717) is 24.9 Å². The van der Waals surface area contributed by atoms with Crippen LogP contribution in [-0.2, 0) is 4.79 Å². The highest BCUT2D eigenvalue weighted by Gasteiger charge is 2.50. The highest BCUT2D eigenvalue weighted by Crippen LogP contribution is 2.48. The van der Waals surface area contributed by atoms with Crippen molar-refractivity contribution in [2.45, 2.75) is 44.2 Å². The third kappa shape index (κ3) is 4.22. The normalized spacial score (nSPS) is 29.9. The van der Waals surface area contributed by atoms with Crippen LogP contribution in [0.1, 0.15) is 32.1 Å². The number of benzene rings is 1. The third-order valence-corrected chi connectivity index (χ3v) is 6.44. The molecule has 2 saturated carbocycles.